The summed E-state index contributed by atoms with van der Waals surface area (Å²) in [5.74, 6) is -1.29. The molecule has 0 saturated heterocycles. The number of carboxylic acid groups (broad SMARTS) is 1. The van der Waals surface area contributed by atoms with Gasteiger partial charge in [0, 0.05) is 23.7 Å². The minimum Gasteiger partial charge on any atom is -0.480 e. The number of aromatic nitrogens is 2. The summed E-state index contributed by atoms with van der Waals surface area (Å²) in [4.78, 5) is 38.2. The molecule has 0 aliphatic rings. The first-order chi connectivity index (χ1) is 12.2. The largest absolute Gasteiger partial charge is 0.480 e. The number of hydrogen-bond donors (Lipinski definition) is 2. The molecule has 1 aromatic heterocycles. The summed E-state index contributed by atoms with van der Waals surface area (Å²) in [5, 5.41) is 32.1. The molecule has 2 N–H and O–H groups in total. The minimum absolute atomic E-state index is 0.00732. The van der Waals surface area contributed by atoms with Gasteiger partial charge in [-0.2, -0.15) is 5.26 Å². The molecular weight excluding hydrogens is 342 g/mol. The SMILES string of the molecule is CC(C)Nc1ncc(-c2cc(C#N)cc([N+](=O)[O-])c2)n(CC(=O)O)c1=O. The van der Waals surface area contributed by atoms with Gasteiger partial charge in [-0.25, -0.2) is 4.98 Å². The van der Waals surface area contributed by atoms with Gasteiger partial charge in [-0.3, -0.25) is 24.3 Å². The lowest BCUT2D eigenvalue weighted by Gasteiger charge is -2.14. The second-order valence-electron chi connectivity index (χ2n) is 5.71. The Morgan fingerprint density at radius 1 is 1.46 bits per heavy atom. The number of hydrogen-bond acceptors (Lipinski definition) is 7. The zero-order valence-electron chi connectivity index (χ0n) is 14.0. The standard InChI is InChI=1S/C16H15N5O5/c1-9(2)19-15-16(24)20(8-14(22)23)13(7-18-15)11-3-10(6-17)4-12(5-11)21(25)26/h3-5,7,9H,8H2,1-2H3,(H,18,19)(H,22,23). The fraction of sp³-hybridized carbons (Fsp3) is 0.250. The van der Waals surface area contributed by atoms with Gasteiger partial charge in [0.2, 0.25) is 0 Å². The average Bonchev–Trinajstić information content (AvgIpc) is 2.57. The third-order valence-corrected chi connectivity index (χ3v) is 3.33. The van der Waals surface area contributed by atoms with Crippen molar-refractivity contribution in [1.29, 1.82) is 5.26 Å². The number of carbonyl (C=O) groups is 1. The van der Waals surface area contributed by atoms with Crippen molar-refractivity contribution in [2.24, 2.45) is 0 Å². The van der Waals surface area contributed by atoms with Crippen molar-refractivity contribution >= 4 is 17.5 Å². The van der Waals surface area contributed by atoms with Crippen molar-refractivity contribution in [3.63, 3.8) is 0 Å². The molecule has 0 unspecified atom stereocenters. The van der Waals surface area contributed by atoms with E-state index in [4.69, 9.17) is 10.4 Å². The van der Waals surface area contributed by atoms with E-state index in [1.807, 2.05) is 0 Å². The van der Waals surface area contributed by atoms with Crippen LogP contribution in [-0.2, 0) is 11.3 Å². The van der Waals surface area contributed by atoms with E-state index in [9.17, 15) is 19.7 Å². The molecule has 26 heavy (non-hydrogen) atoms. The van der Waals surface area contributed by atoms with E-state index in [0.717, 1.165) is 16.7 Å². The Balaban J connectivity index is 2.73. The number of nitrogens with zero attached hydrogens (tertiary/aromatic N) is 4. The van der Waals surface area contributed by atoms with Crippen LogP contribution in [-0.4, -0.2) is 31.6 Å². The minimum atomic E-state index is -1.26. The number of nitro groups is 1. The summed E-state index contributed by atoms with van der Waals surface area (Å²) in [7, 11) is 0. The monoisotopic (exact) mass is 357 g/mol. The number of anilines is 1. The number of non-ortho nitro benzene ring substituents is 1. The van der Waals surface area contributed by atoms with E-state index in [0.29, 0.717) is 0 Å². The Hall–Kier alpha value is -3.74. The summed E-state index contributed by atoms with van der Waals surface area (Å²) in [5.41, 5.74) is -0.807. The first-order valence-corrected chi connectivity index (χ1v) is 7.51. The van der Waals surface area contributed by atoms with Gasteiger partial charge in [-0.1, -0.05) is 0 Å². The predicted molar refractivity (Wildman–Crippen MR) is 91.7 cm³/mol. The van der Waals surface area contributed by atoms with Crippen LogP contribution in [0.3, 0.4) is 0 Å². The topological polar surface area (TPSA) is 151 Å². The van der Waals surface area contributed by atoms with Crippen molar-refractivity contribution in [2.75, 3.05) is 5.32 Å². The fourth-order valence-electron chi connectivity index (χ4n) is 2.31. The fourth-order valence-corrected chi connectivity index (χ4v) is 2.31. The lowest BCUT2D eigenvalue weighted by atomic mass is 10.1. The Morgan fingerprint density at radius 2 is 2.15 bits per heavy atom. The number of nitrogens with one attached hydrogen (secondary N) is 1. The van der Waals surface area contributed by atoms with Gasteiger partial charge in [0.05, 0.1) is 28.4 Å². The molecule has 2 rings (SSSR count). The van der Waals surface area contributed by atoms with E-state index < -0.39 is 23.0 Å². The van der Waals surface area contributed by atoms with Crippen LogP contribution in [0.25, 0.3) is 11.3 Å². The molecule has 0 fully saturated rings. The van der Waals surface area contributed by atoms with E-state index in [1.54, 1.807) is 19.9 Å². The molecule has 0 amide bonds. The van der Waals surface area contributed by atoms with Gasteiger partial charge < -0.3 is 10.4 Å². The van der Waals surface area contributed by atoms with Gasteiger partial charge >= 0.3 is 5.97 Å². The smallest absolute Gasteiger partial charge is 0.323 e. The molecule has 0 atom stereocenters. The van der Waals surface area contributed by atoms with Gasteiger partial charge in [0.15, 0.2) is 5.82 Å². The van der Waals surface area contributed by atoms with Crippen LogP contribution in [0.5, 0.6) is 0 Å². The number of nitro benzene ring substituents is 1. The summed E-state index contributed by atoms with van der Waals surface area (Å²) in [6.45, 7) is 2.92. The zero-order valence-corrected chi connectivity index (χ0v) is 14.0. The van der Waals surface area contributed by atoms with Crippen LogP contribution in [0.2, 0.25) is 0 Å². The highest BCUT2D eigenvalue weighted by Crippen LogP contribution is 2.25. The molecule has 134 valence electrons. The molecule has 0 spiro atoms. The number of benzene rings is 1. The summed E-state index contributed by atoms with van der Waals surface area (Å²) in [6, 6.07) is 5.27. The summed E-state index contributed by atoms with van der Waals surface area (Å²) >= 11 is 0. The Bertz CT molecular complexity index is 974. The molecule has 0 saturated carbocycles. The molecular formula is C16H15N5O5. The van der Waals surface area contributed by atoms with Crippen LogP contribution in [0.4, 0.5) is 11.5 Å². The predicted octanol–water partition coefficient (Wildman–Crippen LogP) is 1.60. The van der Waals surface area contributed by atoms with Crippen molar-refractivity contribution in [2.45, 2.75) is 26.4 Å². The number of carboxylic acids is 1. The highest BCUT2D eigenvalue weighted by molar-refractivity contribution is 5.70. The highest BCUT2D eigenvalue weighted by atomic mass is 16.6. The van der Waals surface area contributed by atoms with Crippen LogP contribution in [0.1, 0.15) is 19.4 Å². The normalized spacial score (nSPS) is 10.4. The molecule has 0 aliphatic carbocycles. The lowest BCUT2D eigenvalue weighted by molar-refractivity contribution is -0.384. The number of aliphatic carboxylic acids is 1. The van der Waals surface area contributed by atoms with E-state index in [1.165, 1.54) is 12.3 Å². The third-order valence-electron chi connectivity index (χ3n) is 3.33. The average molecular weight is 357 g/mol. The van der Waals surface area contributed by atoms with Crippen molar-refractivity contribution in [1.82, 2.24) is 9.55 Å². The Labute approximate surface area is 147 Å². The molecule has 1 heterocycles. The van der Waals surface area contributed by atoms with E-state index >= 15 is 0 Å². The van der Waals surface area contributed by atoms with E-state index in [-0.39, 0.29) is 34.4 Å². The molecule has 0 aliphatic heterocycles. The van der Waals surface area contributed by atoms with Gasteiger partial charge in [-0.15, -0.1) is 0 Å². The third kappa shape index (κ3) is 4.02. The highest BCUT2D eigenvalue weighted by Gasteiger charge is 2.18. The maximum Gasteiger partial charge on any atom is 0.323 e. The van der Waals surface area contributed by atoms with Crippen LogP contribution in [0.15, 0.2) is 29.2 Å². The van der Waals surface area contributed by atoms with Crippen molar-refractivity contribution in [3.8, 4) is 17.3 Å². The molecule has 2 aromatic rings. The zero-order chi connectivity index (χ0) is 19.4. The second-order valence-corrected chi connectivity index (χ2v) is 5.71. The maximum atomic E-state index is 12.6. The molecule has 0 bridgehead atoms. The summed E-state index contributed by atoms with van der Waals surface area (Å²) in [6.07, 6.45) is 1.25. The molecule has 10 heteroatoms. The van der Waals surface area contributed by atoms with Crippen LogP contribution >= 0.6 is 0 Å². The second kappa shape index (κ2) is 7.43. The van der Waals surface area contributed by atoms with Crippen LogP contribution in [0, 0.1) is 21.4 Å². The van der Waals surface area contributed by atoms with Gasteiger partial charge in [0.1, 0.15) is 6.54 Å². The number of rotatable bonds is 6. The molecule has 10 nitrogen and oxygen atoms in total. The number of nitriles is 1. The summed E-state index contributed by atoms with van der Waals surface area (Å²) < 4.78 is 0.945. The molecule has 1 aromatic carbocycles. The Morgan fingerprint density at radius 3 is 2.69 bits per heavy atom. The first-order valence-electron chi connectivity index (χ1n) is 7.51. The molecule has 0 radical (unpaired) electrons. The van der Waals surface area contributed by atoms with Gasteiger partial charge in [0.25, 0.3) is 11.2 Å². The first kappa shape index (κ1) is 18.6. The van der Waals surface area contributed by atoms with E-state index in [2.05, 4.69) is 10.3 Å². The Kier molecular flexibility index (Phi) is 5.32. The lowest BCUT2D eigenvalue weighted by Crippen LogP contribution is -2.30. The van der Waals surface area contributed by atoms with Gasteiger partial charge in [-0.05, 0) is 19.9 Å². The van der Waals surface area contributed by atoms with Crippen molar-refractivity contribution in [3.05, 3.63) is 50.4 Å². The van der Waals surface area contributed by atoms with Crippen molar-refractivity contribution < 1.29 is 14.8 Å². The maximum absolute atomic E-state index is 12.6. The quantitative estimate of drug-likeness (QED) is 0.584. The van der Waals surface area contributed by atoms with Crippen LogP contribution < -0.4 is 10.9 Å².